The van der Waals surface area contributed by atoms with Gasteiger partial charge in [0.05, 0.1) is 4.90 Å². The monoisotopic (exact) mass is 552 g/mol. The minimum atomic E-state index is -4.66. The molecule has 1 atom stereocenters. The van der Waals surface area contributed by atoms with Crippen molar-refractivity contribution < 1.29 is 36.7 Å². The predicted molar refractivity (Wildman–Crippen MR) is 126 cm³/mol. The van der Waals surface area contributed by atoms with Crippen LogP contribution in [0.2, 0.25) is 5.02 Å². The largest absolute Gasteiger partial charge is 0.451 e. The second-order valence-electron chi connectivity index (χ2n) is 7.87. The van der Waals surface area contributed by atoms with Crippen LogP contribution in [0.1, 0.15) is 10.4 Å². The molecule has 194 valence electrons. The number of halogens is 3. The Morgan fingerprint density at radius 1 is 1.05 bits per heavy atom. The number of carbonyl (C=O) groups excluding carboxylic acids is 2. The molecular weight excluding hydrogens is 534 g/mol. The molecule has 14 heteroatoms. The van der Waals surface area contributed by atoms with Crippen molar-refractivity contribution in [3.05, 3.63) is 83.1 Å². The van der Waals surface area contributed by atoms with E-state index in [1.54, 1.807) is 0 Å². The van der Waals surface area contributed by atoms with Gasteiger partial charge in [0.1, 0.15) is 11.8 Å². The van der Waals surface area contributed by atoms with E-state index in [4.69, 9.17) is 16.3 Å². The molecule has 0 unspecified atom stereocenters. The summed E-state index contributed by atoms with van der Waals surface area (Å²) in [6.45, 7) is -0.933. The van der Waals surface area contributed by atoms with Gasteiger partial charge in [0, 0.05) is 42.6 Å². The van der Waals surface area contributed by atoms with E-state index in [0.717, 1.165) is 0 Å². The van der Waals surface area contributed by atoms with Gasteiger partial charge in [-0.15, -0.1) is 0 Å². The van der Waals surface area contributed by atoms with Gasteiger partial charge in [-0.1, -0.05) is 11.6 Å². The number of rotatable bonds is 6. The van der Waals surface area contributed by atoms with E-state index in [1.165, 1.54) is 59.2 Å². The van der Waals surface area contributed by atoms with Crippen LogP contribution in [0.4, 0.5) is 8.78 Å². The zero-order valence-electron chi connectivity index (χ0n) is 18.8. The number of carbonyl (C=O) groups is 2. The van der Waals surface area contributed by atoms with Gasteiger partial charge in [0.2, 0.25) is 10.0 Å². The maximum absolute atomic E-state index is 14.8. The summed E-state index contributed by atoms with van der Waals surface area (Å²) in [5.74, 6) is -4.99. The third-order valence-electron chi connectivity index (χ3n) is 5.57. The normalized spacial score (nSPS) is 16.3. The number of hydroxylamine groups is 1. The number of amides is 2. The van der Waals surface area contributed by atoms with Gasteiger partial charge in [-0.25, -0.2) is 22.7 Å². The molecule has 2 N–H and O–H groups in total. The number of nitrogens with zero attached hydrogens (tertiary/aromatic N) is 3. The van der Waals surface area contributed by atoms with Crippen LogP contribution in [-0.2, 0) is 14.8 Å². The lowest BCUT2D eigenvalue weighted by Gasteiger charge is -2.39. The standard InChI is InChI=1S/C23H19ClF2N4O6S/c24-15-1-3-16(4-2-15)36-21-18(25)11-17(12-19(21)26)37(34,35)30-10-9-29(13-20(30)22(31)28-33)23(32)14-5-7-27-8-6-14/h1-8,11-12,20,33H,9-10,13H2,(H,28,31)/t20-/m0/s1. The molecule has 0 spiro atoms. The summed E-state index contributed by atoms with van der Waals surface area (Å²) in [5, 5.41) is 9.56. The molecule has 2 aromatic carbocycles. The van der Waals surface area contributed by atoms with E-state index in [0.29, 0.717) is 21.5 Å². The summed E-state index contributed by atoms with van der Waals surface area (Å²) in [5.41, 5.74) is 1.64. The quantitative estimate of drug-likeness (QED) is 0.355. The summed E-state index contributed by atoms with van der Waals surface area (Å²) < 4.78 is 62.2. The molecule has 3 aromatic rings. The first kappa shape index (κ1) is 26.4. The van der Waals surface area contributed by atoms with Crippen LogP contribution in [0.25, 0.3) is 0 Å². The second-order valence-corrected chi connectivity index (χ2v) is 10.2. The average Bonchev–Trinajstić information content (AvgIpc) is 2.90. The van der Waals surface area contributed by atoms with E-state index < -0.39 is 56.7 Å². The number of piperazine rings is 1. The van der Waals surface area contributed by atoms with Gasteiger partial charge in [0.15, 0.2) is 17.4 Å². The van der Waals surface area contributed by atoms with E-state index in [9.17, 15) is 32.0 Å². The van der Waals surface area contributed by atoms with Gasteiger partial charge in [0.25, 0.3) is 11.8 Å². The molecule has 0 saturated carbocycles. The number of pyridine rings is 1. The van der Waals surface area contributed by atoms with Crippen molar-refractivity contribution in [1.29, 1.82) is 0 Å². The van der Waals surface area contributed by atoms with Crippen molar-refractivity contribution in [3.63, 3.8) is 0 Å². The summed E-state index contributed by atoms with van der Waals surface area (Å²) in [6.07, 6.45) is 2.80. The minimum Gasteiger partial charge on any atom is -0.451 e. The Bertz CT molecular complexity index is 1400. The van der Waals surface area contributed by atoms with Crippen molar-refractivity contribution in [1.82, 2.24) is 19.7 Å². The highest BCUT2D eigenvalue weighted by Gasteiger charge is 2.42. The first-order valence-corrected chi connectivity index (χ1v) is 12.5. The molecule has 4 rings (SSSR count). The molecule has 2 amide bonds. The smallest absolute Gasteiger partial charge is 0.263 e. The molecule has 1 aromatic heterocycles. The van der Waals surface area contributed by atoms with Gasteiger partial charge in [-0.05, 0) is 48.5 Å². The number of sulfonamides is 1. The molecule has 2 heterocycles. The second kappa shape index (κ2) is 10.8. The van der Waals surface area contributed by atoms with Crippen molar-refractivity contribution in [2.75, 3.05) is 19.6 Å². The number of aromatic nitrogens is 1. The lowest BCUT2D eigenvalue weighted by Crippen LogP contribution is -2.61. The first-order chi connectivity index (χ1) is 17.6. The third-order valence-corrected chi connectivity index (χ3v) is 7.71. The van der Waals surface area contributed by atoms with Gasteiger partial charge >= 0.3 is 0 Å². The molecule has 1 saturated heterocycles. The van der Waals surface area contributed by atoms with E-state index in [1.807, 2.05) is 0 Å². The Morgan fingerprint density at radius 3 is 2.27 bits per heavy atom. The van der Waals surface area contributed by atoms with Crippen LogP contribution in [0.5, 0.6) is 11.5 Å². The number of nitrogens with one attached hydrogen (secondary N) is 1. The maximum Gasteiger partial charge on any atom is 0.263 e. The molecule has 0 aliphatic carbocycles. The topological polar surface area (TPSA) is 129 Å². The zero-order valence-corrected chi connectivity index (χ0v) is 20.4. The van der Waals surface area contributed by atoms with Gasteiger partial charge < -0.3 is 9.64 Å². The fourth-order valence-electron chi connectivity index (χ4n) is 3.74. The van der Waals surface area contributed by atoms with Crippen LogP contribution >= 0.6 is 11.6 Å². The molecule has 10 nitrogen and oxygen atoms in total. The molecular formula is C23H19ClF2N4O6S. The number of hydrogen-bond acceptors (Lipinski definition) is 7. The SMILES string of the molecule is O=C(NO)[C@@H]1CN(C(=O)c2ccncc2)CCN1S(=O)(=O)c1cc(F)c(Oc2ccc(Cl)cc2)c(F)c1. The zero-order chi connectivity index (χ0) is 26.7. The molecule has 1 aliphatic heterocycles. The predicted octanol–water partition coefficient (Wildman–Crippen LogP) is 2.83. The van der Waals surface area contributed by atoms with Crippen molar-refractivity contribution >= 4 is 33.4 Å². The fraction of sp³-hybridized carbons (Fsp3) is 0.174. The van der Waals surface area contributed by atoms with Gasteiger partial charge in [-0.2, -0.15) is 4.31 Å². The van der Waals surface area contributed by atoms with Crippen LogP contribution < -0.4 is 10.2 Å². The first-order valence-electron chi connectivity index (χ1n) is 10.7. The van der Waals surface area contributed by atoms with Crippen molar-refractivity contribution in [3.8, 4) is 11.5 Å². The van der Waals surface area contributed by atoms with Crippen LogP contribution in [-0.4, -0.2) is 65.3 Å². The van der Waals surface area contributed by atoms with Crippen molar-refractivity contribution in [2.45, 2.75) is 10.9 Å². The summed E-state index contributed by atoms with van der Waals surface area (Å²) in [4.78, 5) is 29.4. The van der Waals surface area contributed by atoms with E-state index in [-0.39, 0.29) is 24.4 Å². The lowest BCUT2D eigenvalue weighted by atomic mass is 10.1. The van der Waals surface area contributed by atoms with Crippen LogP contribution in [0.15, 0.2) is 65.8 Å². The summed E-state index contributed by atoms with van der Waals surface area (Å²) in [7, 11) is -4.66. The fourth-order valence-corrected chi connectivity index (χ4v) is 5.46. The average molecular weight is 553 g/mol. The number of ether oxygens (including phenoxy) is 1. The Balaban J connectivity index is 1.61. The lowest BCUT2D eigenvalue weighted by molar-refractivity contribution is -0.134. The third kappa shape index (κ3) is 5.54. The Morgan fingerprint density at radius 2 is 1.68 bits per heavy atom. The highest BCUT2D eigenvalue weighted by Crippen LogP contribution is 2.32. The Kier molecular flexibility index (Phi) is 7.68. The Labute approximate surface area is 215 Å². The maximum atomic E-state index is 14.8. The highest BCUT2D eigenvalue weighted by atomic mass is 35.5. The molecule has 1 fully saturated rings. The molecule has 1 aliphatic rings. The van der Waals surface area contributed by atoms with Crippen LogP contribution in [0, 0.1) is 11.6 Å². The summed E-state index contributed by atoms with van der Waals surface area (Å²) >= 11 is 5.78. The summed E-state index contributed by atoms with van der Waals surface area (Å²) in [6, 6.07) is 8.07. The van der Waals surface area contributed by atoms with Crippen molar-refractivity contribution in [2.24, 2.45) is 0 Å². The number of hydrogen-bond donors (Lipinski definition) is 2. The molecule has 0 bridgehead atoms. The van der Waals surface area contributed by atoms with E-state index >= 15 is 0 Å². The molecule has 0 radical (unpaired) electrons. The Hall–Kier alpha value is -3.65. The molecule has 37 heavy (non-hydrogen) atoms. The van der Waals surface area contributed by atoms with E-state index in [2.05, 4.69) is 4.98 Å². The highest BCUT2D eigenvalue weighted by molar-refractivity contribution is 7.89. The van der Waals surface area contributed by atoms with Gasteiger partial charge in [-0.3, -0.25) is 19.8 Å². The number of benzene rings is 2. The van der Waals surface area contributed by atoms with Crippen LogP contribution in [0.3, 0.4) is 0 Å². The minimum absolute atomic E-state index is 0.0625.